The van der Waals surface area contributed by atoms with E-state index >= 15 is 0 Å². The van der Waals surface area contributed by atoms with Crippen molar-refractivity contribution in [3.05, 3.63) is 23.8 Å². The lowest BCUT2D eigenvalue weighted by Crippen LogP contribution is -2.01. The van der Waals surface area contributed by atoms with Crippen LogP contribution in [0.5, 0.6) is 0 Å². The number of pyridine rings is 1. The fourth-order valence-corrected chi connectivity index (χ4v) is 2.98. The number of fused-ring (bicyclic) bond motifs is 1. The van der Waals surface area contributed by atoms with E-state index in [4.69, 9.17) is 14.9 Å². The lowest BCUT2D eigenvalue weighted by molar-refractivity contribution is 0.310. The van der Waals surface area contributed by atoms with E-state index in [1.54, 1.807) is 12.4 Å². The first kappa shape index (κ1) is 14.4. The number of nitrogen functional groups attached to an aromatic ring is 1. The largest absolute Gasteiger partial charge is 0.379 e. The van der Waals surface area contributed by atoms with Crippen LogP contribution in [-0.2, 0) is 6.54 Å². The Balaban J connectivity index is 2.08. The molecule has 0 aromatic carbocycles. The van der Waals surface area contributed by atoms with Crippen LogP contribution in [-0.4, -0.2) is 30.0 Å². The molecule has 2 N–H and O–H groups in total. The molecule has 0 aliphatic carbocycles. The van der Waals surface area contributed by atoms with E-state index in [9.17, 15) is 0 Å². The highest BCUT2D eigenvalue weighted by Gasteiger charge is 2.23. The summed E-state index contributed by atoms with van der Waals surface area (Å²) < 4.78 is 12.0. The number of rotatable bonds is 3. The summed E-state index contributed by atoms with van der Waals surface area (Å²) in [6, 6.07) is 0. The topological polar surface area (TPSA) is 122 Å². The normalized spacial score (nSPS) is 11.5. The second-order valence-corrected chi connectivity index (χ2v) is 5.43. The summed E-state index contributed by atoms with van der Waals surface area (Å²) in [6.07, 6.45) is 3.49. The van der Waals surface area contributed by atoms with Crippen LogP contribution in [0, 0.1) is 13.8 Å². The van der Waals surface area contributed by atoms with Crippen LogP contribution < -0.4 is 5.73 Å². The first-order valence-corrected chi connectivity index (χ1v) is 7.47. The number of aromatic nitrogens is 6. The molecule has 0 aliphatic rings. The maximum atomic E-state index is 5.84. The van der Waals surface area contributed by atoms with Gasteiger partial charge in [0.1, 0.15) is 11.3 Å². The molecule has 0 amide bonds. The van der Waals surface area contributed by atoms with Gasteiger partial charge in [-0.05, 0) is 31.1 Å². The molecule has 0 fully saturated rings. The van der Waals surface area contributed by atoms with Crippen LogP contribution in [0.25, 0.3) is 33.7 Å². The third-order valence-electron chi connectivity index (χ3n) is 3.99. The average Bonchev–Trinajstić information content (AvgIpc) is 3.24. The highest BCUT2D eigenvalue weighted by Crippen LogP contribution is 2.35. The number of hydrogen-bond acceptors (Lipinski definition) is 8. The van der Waals surface area contributed by atoms with Gasteiger partial charge in [-0.2, -0.15) is 0 Å². The highest BCUT2D eigenvalue weighted by atomic mass is 16.6. The molecule has 4 aromatic rings. The quantitative estimate of drug-likeness (QED) is 0.609. The summed E-state index contributed by atoms with van der Waals surface area (Å²) in [5.41, 5.74) is 10.5. The van der Waals surface area contributed by atoms with Crippen LogP contribution in [0.3, 0.4) is 0 Å². The van der Waals surface area contributed by atoms with Crippen molar-refractivity contribution in [2.75, 3.05) is 5.73 Å². The number of imidazole rings is 1. The third kappa shape index (κ3) is 1.91. The average molecular weight is 325 g/mol. The Hall–Kier alpha value is -3.23. The molecular formula is C15H15N7O2. The molecule has 0 aliphatic heterocycles. The number of nitrogens with two attached hydrogens (primary N) is 1. The second kappa shape index (κ2) is 5.15. The summed E-state index contributed by atoms with van der Waals surface area (Å²) in [5.74, 6) is 1.52. The van der Waals surface area contributed by atoms with Crippen molar-refractivity contribution in [2.45, 2.75) is 27.3 Å². The van der Waals surface area contributed by atoms with Crippen LogP contribution in [0.4, 0.5) is 5.82 Å². The smallest absolute Gasteiger partial charge is 0.199 e. The molecule has 0 radical (unpaired) electrons. The fourth-order valence-electron chi connectivity index (χ4n) is 2.98. The van der Waals surface area contributed by atoms with Gasteiger partial charge in [0.15, 0.2) is 17.3 Å². The van der Waals surface area contributed by atoms with Gasteiger partial charge in [-0.3, -0.25) is 4.98 Å². The second-order valence-electron chi connectivity index (χ2n) is 5.43. The number of nitrogens with zero attached hydrogens (tertiary/aromatic N) is 6. The van der Waals surface area contributed by atoms with Crippen molar-refractivity contribution >= 4 is 16.9 Å². The minimum atomic E-state index is 0.201. The van der Waals surface area contributed by atoms with Gasteiger partial charge in [0, 0.05) is 18.3 Å². The van der Waals surface area contributed by atoms with Gasteiger partial charge in [-0.25, -0.2) is 9.61 Å². The predicted molar refractivity (Wildman–Crippen MR) is 85.9 cm³/mol. The van der Waals surface area contributed by atoms with Gasteiger partial charge in [-0.1, -0.05) is 5.16 Å². The van der Waals surface area contributed by atoms with E-state index in [1.807, 2.05) is 25.3 Å². The Morgan fingerprint density at radius 2 is 2.00 bits per heavy atom. The standard InChI is InChI=1S/C15H15N7O2/c1-4-22-13-9(11-7(2)19-23-8(11)3)5-17-6-10(13)18-15(22)12-14(16)21-24-20-12/h5-6H,4H2,1-3H3,(H2,16,21). The van der Waals surface area contributed by atoms with E-state index in [0.717, 1.165) is 33.6 Å². The van der Waals surface area contributed by atoms with E-state index in [1.165, 1.54) is 0 Å². The lowest BCUT2D eigenvalue weighted by atomic mass is 10.0. The number of hydrogen-bond donors (Lipinski definition) is 1. The van der Waals surface area contributed by atoms with Crippen LogP contribution in [0.15, 0.2) is 21.5 Å². The first-order chi connectivity index (χ1) is 11.6. The monoisotopic (exact) mass is 325 g/mol. The molecule has 4 heterocycles. The van der Waals surface area contributed by atoms with Gasteiger partial charge in [0.05, 0.1) is 23.0 Å². The van der Waals surface area contributed by atoms with E-state index in [0.29, 0.717) is 18.1 Å². The van der Waals surface area contributed by atoms with Crippen molar-refractivity contribution < 1.29 is 9.15 Å². The molecule has 0 spiro atoms. The molecule has 0 bridgehead atoms. The minimum absolute atomic E-state index is 0.201. The van der Waals surface area contributed by atoms with Crippen LogP contribution in [0.1, 0.15) is 18.4 Å². The van der Waals surface area contributed by atoms with Crippen molar-refractivity contribution in [3.63, 3.8) is 0 Å². The van der Waals surface area contributed by atoms with Crippen LogP contribution >= 0.6 is 0 Å². The molecule has 0 saturated heterocycles. The molecule has 0 saturated carbocycles. The van der Waals surface area contributed by atoms with Gasteiger partial charge in [0.25, 0.3) is 0 Å². The highest BCUT2D eigenvalue weighted by molar-refractivity contribution is 5.94. The molecule has 0 unspecified atom stereocenters. The molecule has 24 heavy (non-hydrogen) atoms. The Kier molecular flexibility index (Phi) is 3.08. The van der Waals surface area contributed by atoms with Crippen molar-refractivity contribution in [3.8, 4) is 22.6 Å². The summed E-state index contributed by atoms with van der Waals surface area (Å²) in [4.78, 5) is 8.93. The molecule has 4 rings (SSSR count). The van der Waals surface area contributed by atoms with Crippen molar-refractivity contribution in [1.29, 1.82) is 0 Å². The zero-order chi connectivity index (χ0) is 16.8. The molecular weight excluding hydrogens is 310 g/mol. The predicted octanol–water partition coefficient (Wildman–Crippen LogP) is 2.36. The molecule has 9 heteroatoms. The number of anilines is 1. The maximum absolute atomic E-state index is 5.84. The van der Waals surface area contributed by atoms with Gasteiger partial charge < -0.3 is 14.8 Å². The fraction of sp³-hybridized carbons (Fsp3) is 0.267. The zero-order valence-corrected chi connectivity index (χ0v) is 13.4. The SMILES string of the molecule is CCn1c(-c2nonc2N)nc2cncc(-c3c(C)noc3C)c21. The minimum Gasteiger partial charge on any atom is -0.379 e. The lowest BCUT2D eigenvalue weighted by Gasteiger charge is -2.08. The van der Waals surface area contributed by atoms with E-state index < -0.39 is 0 Å². The molecule has 4 aromatic heterocycles. The van der Waals surface area contributed by atoms with Gasteiger partial charge in [0.2, 0.25) is 0 Å². The van der Waals surface area contributed by atoms with E-state index in [2.05, 4.69) is 25.4 Å². The maximum Gasteiger partial charge on any atom is 0.199 e. The third-order valence-corrected chi connectivity index (χ3v) is 3.99. The van der Waals surface area contributed by atoms with Gasteiger partial charge >= 0.3 is 0 Å². The Morgan fingerprint density at radius 3 is 2.62 bits per heavy atom. The number of aryl methyl sites for hydroxylation is 3. The molecule has 122 valence electrons. The Morgan fingerprint density at radius 1 is 1.17 bits per heavy atom. The van der Waals surface area contributed by atoms with Crippen LogP contribution in [0.2, 0.25) is 0 Å². The molecule has 0 atom stereocenters. The van der Waals surface area contributed by atoms with E-state index in [-0.39, 0.29) is 5.82 Å². The summed E-state index contributed by atoms with van der Waals surface area (Å²) in [7, 11) is 0. The van der Waals surface area contributed by atoms with Crippen molar-refractivity contribution in [1.82, 2.24) is 30.0 Å². The first-order valence-electron chi connectivity index (χ1n) is 7.47. The zero-order valence-electron chi connectivity index (χ0n) is 13.4. The van der Waals surface area contributed by atoms with Crippen molar-refractivity contribution in [2.24, 2.45) is 0 Å². The Labute approximate surface area is 136 Å². The van der Waals surface area contributed by atoms with Gasteiger partial charge in [-0.15, -0.1) is 0 Å². The summed E-state index contributed by atoms with van der Waals surface area (Å²) in [6.45, 7) is 6.46. The Bertz CT molecular complexity index is 1020. The summed E-state index contributed by atoms with van der Waals surface area (Å²) in [5, 5.41) is 11.5. The summed E-state index contributed by atoms with van der Waals surface area (Å²) >= 11 is 0. The molecule has 9 nitrogen and oxygen atoms in total.